The van der Waals surface area contributed by atoms with E-state index >= 15 is 0 Å². The maximum absolute atomic E-state index is 14.2. The molecule has 3 heterocycles. The average molecular weight is 519 g/mol. The molecule has 0 amide bonds. The summed E-state index contributed by atoms with van der Waals surface area (Å²) in [5, 5.41) is 15.6. The predicted molar refractivity (Wildman–Crippen MR) is 105 cm³/mol. The molecule has 1 fully saturated rings. The average Bonchev–Trinajstić information content (AvgIpc) is 3.19. The minimum Gasteiger partial charge on any atom is -1.00 e. The fourth-order valence-corrected chi connectivity index (χ4v) is 4.73. The number of halogens is 2. The minimum absolute atomic E-state index is 0. The molecule has 0 radical (unpaired) electrons. The summed E-state index contributed by atoms with van der Waals surface area (Å²) in [6, 6.07) is 10.5. The van der Waals surface area contributed by atoms with Gasteiger partial charge in [0.15, 0.2) is 0 Å². The molecule has 1 aromatic heterocycles. The standard InChI is InChI=1S/C20H18ClFN4O.Cs.H/c21-13-5-2-1-4-11(13)17-18(14-6-3-7-23-14)24-15-9-10(22)8-12-16(15)19(17)25-26-20(12)27;;/h1-2,4-5,8-9,14,17-18,23-24H,3,6-7H2,(H,26,27);;/q;+1;-1. The van der Waals surface area contributed by atoms with Crippen LogP contribution in [0.2, 0.25) is 5.02 Å². The molecule has 0 spiro atoms. The SMILES string of the molecule is O=c1[nH]nc2c3c(cc(F)cc13)NC(C1CCCN1)C2c1ccccc1Cl.[Cs+].[H-]. The molecule has 3 atom stereocenters. The molecule has 1 saturated heterocycles. The number of nitrogens with one attached hydrogen (secondary N) is 3. The zero-order valence-electron chi connectivity index (χ0n) is 16.4. The van der Waals surface area contributed by atoms with Gasteiger partial charge in [-0.25, -0.2) is 9.49 Å². The molecule has 0 aliphatic carbocycles. The molecule has 8 heteroatoms. The number of H-pyrrole nitrogens is 1. The third-order valence-electron chi connectivity index (χ3n) is 5.63. The molecule has 5 rings (SSSR count). The number of hydrogen-bond acceptors (Lipinski definition) is 4. The Balaban J connectivity index is 0.00000120. The Morgan fingerprint density at radius 2 is 2.07 bits per heavy atom. The van der Waals surface area contributed by atoms with E-state index in [1.54, 1.807) is 0 Å². The summed E-state index contributed by atoms with van der Waals surface area (Å²) in [6.45, 7) is 0.947. The van der Waals surface area contributed by atoms with Crippen LogP contribution >= 0.6 is 11.6 Å². The van der Waals surface area contributed by atoms with Gasteiger partial charge in [-0.2, -0.15) is 5.10 Å². The van der Waals surface area contributed by atoms with Crippen LogP contribution in [0.5, 0.6) is 0 Å². The first kappa shape index (κ1) is 20.9. The van der Waals surface area contributed by atoms with Crippen molar-refractivity contribution in [3.8, 4) is 0 Å². The number of benzene rings is 2. The van der Waals surface area contributed by atoms with Gasteiger partial charge in [-0.15, -0.1) is 0 Å². The summed E-state index contributed by atoms with van der Waals surface area (Å²) >= 11 is 6.54. The van der Waals surface area contributed by atoms with Crippen molar-refractivity contribution in [2.75, 3.05) is 11.9 Å². The molecule has 3 N–H and O–H groups in total. The van der Waals surface area contributed by atoms with Crippen LogP contribution < -0.4 is 85.1 Å². The monoisotopic (exact) mass is 518 g/mol. The zero-order valence-corrected chi connectivity index (χ0v) is 22.5. The normalized spacial score (nSPS) is 23.3. The summed E-state index contributed by atoms with van der Waals surface area (Å²) in [4.78, 5) is 12.3. The summed E-state index contributed by atoms with van der Waals surface area (Å²) in [7, 11) is 0. The van der Waals surface area contributed by atoms with Crippen molar-refractivity contribution in [1.82, 2.24) is 15.5 Å². The molecular weight excluding hydrogens is 500 g/mol. The van der Waals surface area contributed by atoms with Crippen LogP contribution in [0, 0.1) is 5.82 Å². The molecular formula is C20H19ClCsFN4O. The van der Waals surface area contributed by atoms with E-state index in [9.17, 15) is 9.18 Å². The van der Waals surface area contributed by atoms with Gasteiger partial charge in [-0.1, -0.05) is 29.8 Å². The Kier molecular flexibility index (Phi) is 6.25. The molecule has 3 unspecified atom stereocenters. The van der Waals surface area contributed by atoms with Gasteiger partial charge in [0.05, 0.1) is 23.0 Å². The van der Waals surface area contributed by atoms with E-state index < -0.39 is 11.4 Å². The van der Waals surface area contributed by atoms with Crippen molar-refractivity contribution in [2.45, 2.75) is 30.8 Å². The van der Waals surface area contributed by atoms with Crippen molar-refractivity contribution < 1.29 is 74.7 Å². The van der Waals surface area contributed by atoms with E-state index in [0.717, 1.165) is 30.6 Å². The largest absolute Gasteiger partial charge is 1.00 e. The minimum atomic E-state index is -0.443. The Bertz CT molecular complexity index is 1110. The van der Waals surface area contributed by atoms with Crippen LogP contribution in [0.3, 0.4) is 0 Å². The Hall–Kier alpha value is -0.388. The van der Waals surface area contributed by atoms with Crippen molar-refractivity contribution in [1.29, 1.82) is 0 Å². The second kappa shape index (κ2) is 8.39. The first-order chi connectivity index (χ1) is 13.1. The summed E-state index contributed by atoms with van der Waals surface area (Å²) in [5.41, 5.74) is 1.89. The van der Waals surface area contributed by atoms with Gasteiger partial charge in [0, 0.05) is 22.1 Å². The summed E-state index contributed by atoms with van der Waals surface area (Å²) in [5.74, 6) is -0.603. The molecule has 140 valence electrons. The van der Waals surface area contributed by atoms with Crippen LogP contribution in [0.25, 0.3) is 10.8 Å². The van der Waals surface area contributed by atoms with Gasteiger partial charge in [-0.3, -0.25) is 4.79 Å². The van der Waals surface area contributed by atoms with Crippen LogP contribution in [-0.2, 0) is 0 Å². The second-order valence-electron chi connectivity index (χ2n) is 7.19. The smallest absolute Gasteiger partial charge is 1.00 e. The van der Waals surface area contributed by atoms with Crippen LogP contribution in [0.15, 0.2) is 41.2 Å². The first-order valence-corrected chi connectivity index (χ1v) is 9.47. The Labute approximate surface area is 226 Å². The Morgan fingerprint density at radius 3 is 2.82 bits per heavy atom. The fraction of sp³-hybridized carbons (Fsp3) is 0.300. The number of rotatable bonds is 2. The van der Waals surface area contributed by atoms with E-state index in [2.05, 4.69) is 20.8 Å². The second-order valence-corrected chi connectivity index (χ2v) is 7.59. The van der Waals surface area contributed by atoms with Gasteiger partial charge in [-0.05, 0) is 43.1 Å². The van der Waals surface area contributed by atoms with Crippen LogP contribution in [-0.4, -0.2) is 28.8 Å². The molecule has 0 saturated carbocycles. The zero-order chi connectivity index (χ0) is 18.5. The third kappa shape index (κ3) is 3.50. The van der Waals surface area contributed by atoms with Gasteiger partial charge < -0.3 is 12.1 Å². The molecule has 5 nitrogen and oxygen atoms in total. The van der Waals surface area contributed by atoms with Crippen molar-refractivity contribution >= 4 is 28.1 Å². The topological polar surface area (TPSA) is 69.8 Å². The van der Waals surface area contributed by atoms with Gasteiger partial charge in [0.25, 0.3) is 5.56 Å². The van der Waals surface area contributed by atoms with Crippen molar-refractivity contribution in [3.63, 3.8) is 0 Å². The summed E-state index contributed by atoms with van der Waals surface area (Å²) in [6.07, 6.45) is 2.10. The quantitative estimate of drug-likeness (QED) is 0.463. The van der Waals surface area contributed by atoms with Crippen molar-refractivity contribution in [3.05, 3.63) is 68.8 Å². The van der Waals surface area contributed by atoms with Crippen LogP contribution in [0.4, 0.5) is 10.1 Å². The number of hydrogen-bond donors (Lipinski definition) is 3. The maximum Gasteiger partial charge on any atom is 1.00 e. The van der Waals surface area contributed by atoms with Crippen molar-refractivity contribution in [2.24, 2.45) is 0 Å². The van der Waals surface area contributed by atoms with E-state index in [1.807, 2.05) is 24.3 Å². The summed E-state index contributed by atoms with van der Waals surface area (Å²) < 4.78 is 14.2. The van der Waals surface area contributed by atoms with Crippen LogP contribution in [0.1, 0.15) is 31.4 Å². The number of aromatic nitrogens is 2. The van der Waals surface area contributed by atoms with Gasteiger partial charge in [0.1, 0.15) is 5.82 Å². The molecule has 28 heavy (non-hydrogen) atoms. The van der Waals surface area contributed by atoms with E-state index in [1.165, 1.54) is 12.1 Å². The van der Waals surface area contributed by atoms with Gasteiger partial charge in [0.2, 0.25) is 0 Å². The molecule has 2 aromatic carbocycles. The molecule has 3 aromatic rings. The number of nitrogens with zero attached hydrogens (tertiary/aromatic N) is 1. The van der Waals surface area contributed by atoms with E-state index in [0.29, 0.717) is 21.5 Å². The van der Waals surface area contributed by atoms with Gasteiger partial charge >= 0.3 is 68.9 Å². The maximum atomic E-state index is 14.2. The molecule has 2 aliphatic rings. The van der Waals surface area contributed by atoms with E-state index in [4.69, 9.17) is 11.6 Å². The Morgan fingerprint density at radius 1 is 1.25 bits per heavy atom. The predicted octanol–water partition coefficient (Wildman–Crippen LogP) is 0.510. The number of aromatic amines is 1. The molecule has 2 aliphatic heterocycles. The fourth-order valence-electron chi connectivity index (χ4n) is 4.48. The van der Waals surface area contributed by atoms with E-state index in [-0.39, 0.29) is 88.3 Å². The first-order valence-electron chi connectivity index (χ1n) is 9.09. The third-order valence-corrected chi connectivity index (χ3v) is 5.97. The molecule has 0 bridgehead atoms. The number of anilines is 1.